The monoisotopic (exact) mass is 288 g/mol. The summed E-state index contributed by atoms with van der Waals surface area (Å²) in [6.45, 7) is 0.392. The van der Waals surface area contributed by atoms with Gasteiger partial charge in [0.2, 0.25) is 0 Å². The van der Waals surface area contributed by atoms with Crippen molar-refractivity contribution in [3.8, 4) is 0 Å². The number of benzene rings is 1. The van der Waals surface area contributed by atoms with E-state index in [1.165, 1.54) is 11.1 Å². The molecule has 104 valence electrons. The molecule has 2 N–H and O–H groups in total. The van der Waals surface area contributed by atoms with Crippen LogP contribution in [0.1, 0.15) is 35.8 Å². The Balaban J connectivity index is 1.75. The molecule has 4 heteroatoms. The maximum Gasteiger partial charge on any atom is 0.123 e. The van der Waals surface area contributed by atoms with Crippen LogP contribution >= 0.6 is 11.6 Å². The Morgan fingerprint density at radius 2 is 2.10 bits per heavy atom. The second kappa shape index (κ2) is 5.81. The Kier molecular flexibility index (Phi) is 3.90. The number of nitrogen functional groups attached to an aromatic ring is 1. The van der Waals surface area contributed by atoms with Gasteiger partial charge in [-0.15, -0.1) is 0 Å². The van der Waals surface area contributed by atoms with E-state index in [4.69, 9.17) is 22.1 Å². The number of aryl methyl sites for hydroxylation is 1. The molecule has 1 aliphatic carbocycles. The summed E-state index contributed by atoms with van der Waals surface area (Å²) >= 11 is 6.12. The number of pyridine rings is 1. The average Bonchev–Trinajstić information content (AvgIpc) is 2.48. The Morgan fingerprint density at radius 3 is 3.00 bits per heavy atom. The summed E-state index contributed by atoms with van der Waals surface area (Å²) in [7, 11) is 0. The van der Waals surface area contributed by atoms with E-state index in [-0.39, 0.29) is 6.10 Å². The molecule has 0 radical (unpaired) electrons. The number of ether oxygens (including phenoxy) is 1. The number of rotatable bonds is 3. The summed E-state index contributed by atoms with van der Waals surface area (Å²) in [6, 6.07) is 11.9. The lowest BCUT2D eigenvalue weighted by Gasteiger charge is -2.25. The number of halogens is 1. The number of hydrogen-bond donors (Lipinski definition) is 1. The Bertz CT molecular complexity index is 615. The Morgan fingerprint density at radius 1 is 1.25 bits per heavy atom. The molecule has 0 aliphatic heterocycles. The molecule has 1 heterocycles. The highest BCUT2D eigenvalue weighted by atomic mass is 35.5. The van der Waals surface area contributed by atoms with Crippen molar-refractivity contribution in [1.82, 2.24) is 4.98 Å². The number of nitrogens with two attached hydrogens (primary N) is 1. The third kappa shape index (κ3) is 2.79. The van der Waals surface area contributed by atoms with Crippen molar-refractivity contribution < 1.29 is 4.74 Å². The summed E-state index contributed by atoms with van der Waals surface area (Å²) < 4.78 is 6.03. The quantitative estimate of drug-likeness (QED) is 0.931. The lowest BCUT2D eigenvalue weighted by Crippen LogP contribution is -2.13. The van der Waals surface area contributed by atoms with E-state index in [9.17, 15) is 0 Å². The van der Waals surface area contributed by atoms with Crippen molar-refractivity contribution in [2.24, 2.45) is 0 Å². The van der Waals surface area contributed by atoms with Crippen LogP contribution in [0, 0.1) is 0 Å². The van der Waals surface area contributed by atoms with Crippen LogP contribution in [-0.2, 0) is 17.8 Å². The van der Waals surface area contributed by atoms with Crippen LogP contribution in [0.5, 0.6) is 0 Å². The summed E-state index contributed by atoms with van der Waals surface area (Å²) in [5.74, 6) is 0.469. The third-order valence-electron chi connectivity index (χ3n) is 3.68. The molecule has 0 saturated heterocycles. The molecule has 1 aromatic carbocycles. The largest absolute Gasteiger partial charge is 0.384 e. The van der Waals surface area contributed by atoms with Gasteiger partial charge in [0.1, 0.15) is 5.82 Å². The minimum Gasteiger partial charge on any atom is -0.384 e. The Labute approximate surface area is 123 Å². The lowest BCUT2D eigenvalue weighted by atomic mass is 9.89. The summed E-state index contributed by atoms with van der Waals surface area (Å²) in [5.41, 5.74) is 9.07. The molecule has 3 nitrogen and oxygen atoms in total. The van der Waals surface area contributed by atoms with Gasteiger partial charge in [0.05, 0.1) is 23.4 Å². The molecular formula is C16H17ClN2O. The van der Waals surface area contributed by atoms with Crippen LogP contribution in [0.2, 0.25) is 5.02 Å². The first-order valence-electron chi connectivity index (χ1n) is 6.84. The van der Waals surface area contributed by atoms with Crippen molar-refractivity contribution >= 4 is 17.4 Å². The fourth-order valence-electron chi connectivity index (χ4n) is 2.66. The second-order valence-electron chi connectivity index (χ2n) is 5.06. The Hall–Kier alpha value is -1.58. The van der Waals surface area contributed by atoms with Gasteiger partial charge in [0.15, 0.2) is 0 Å². The molecule has 0 fully saturated rings. The summed E-state index contributed by atoms with van der Waals surface area (Å²) in [6.07, 6.45) is 3.45. The number of hydrogen-bond acceptors (Lipinski definition) is 3. The van der Waals surface area contributed by atoms with Crippen LogP contribution in [0.25, 0.3) is 0 Å². The van der Waals surface area contributed by atoms with E-state index in [1.54, 1.807) is 12.1 Å². The van der Waals surface area contributed by atoms with Crippen molar-refractivity contribution in [2.75, 3.05) is 5.73 Å². The fraction of sp³-hybridized carbons (Fsp3) is 0.312. The number of aromatic nitrogens is 1. The van der Waals surface area contributed by atoms with Crippen LogP contribution < -0.4 is 5.73 Å². The van der Waals surface area contributed by atoms with Crippen molar-refractivity contribution in [3.63, 3.8) is 0 Å². The fourth-order valence-corrected chi connectivity index (χ4v) is 2.82. The van der Waals surface area contributed by atoms with Crippen molar-refractivity contribution in [2.45, 2.75) is 32.0 Å². The molecule has 2 aromatic rings. The first kappa shape index (κ1) is 13.4. The zero-order valence-electron chi connectivity index (χ0n) is 11.2. The minimum absolute atomic E-state index is 0.124. The van der Waals surface area contributed by atoms with Crippen molar-refractivity contribution in [1.29, 1.82) is 0 Å². The predicted molar refractivity (Wildman–Crippen MR) is 80.6 cm³/mol. The highest BCUT2D eigenvalue weighted by Crippen LogP contribution is 2.33. The van der Waals surface area contributed by atoms with Gasteiger partial charge in [-0.05, 0) is 42.5 Å². The molecule has 1 aromatic heterocycles. The number of anilines is 1. The minimum atomic E-state index is 0.124. The first-order chi connectivity index (χ1) is 9.74. The van der Waals surface area contributed by atoms with Gasteiger partial charge >= 0.3 is 0 Å². The van der Waals surface area contributed by atoms with Gasteiger partial charge < -0.3 is 10.5 Å². The third-order valence-corrected chi connectivity index (χ3v) is 4.02. The van der Waals surface area contributed by atoms with E-state index in [2.05, 4.69) is 29.2 Å². The smallest absolute Gasteiger partial charge is 0.123 e. The van der Waals surface area contributed by atoms with E-state index < -0.39 is 0 Å². The number of fused-ring (bicyclic) bond motifs is 1. The maximum atomic E-state index is 6.12. The average molecular weight is 289 g/mol. The molecule has 1 aliphatic rings. The van der Waals surface area contributed by atoms with Gasteiger partial charge in [-0.3, -0.25) is 0 Å². The van der Waals surface area contributed by atoms with Gasteiger partial charge in [0, 0.05) is 0 Å². The molecule has 0 spiro atoms. The first-order valence-corrected chi connectivity index (χ1v) is 7.22. The molecule has 20 heavy (non-hydrogen) atoms. The van der Waals surface area contributed by atoms with E-state index in [0.29, 0.717) is 23.1 Å². The molecule has 3 rings (SSSR count). The van der Waals surface area contributed by atoms with E-state index in [1.807, 2.05) is 0 Å². The molecule has 1 atom stereocenters. The standard InChI is InChI=1S/C16H17ClN2O/c17-13-8-9-16(18)19-14(13)10-20-15-7-3-5-11-4-1-2-6-12(11)15/h1-2,4,6,8-9,15H,3,5,7,10H2,(H2,18,19). The summed E-state index contributed by atoms with van der Waals surface area (Å²) in [4.78, 5) is 4.23. The van der Waals surface area contributed by atoms with E-state index in [0.717, 1.165) is 19.3 Å². The molecule has 0 bridgehead atoms. The maximum absolute atomic E-state index is 6.12. The van der Waals surface area contributed by atoms with Gasteiger partial charge in [-0.1, -0.05) is 35.9 Å². The van der Waals surface area contributed by atoms with Gasteiger partial charge in [-0.25, -0.2) is 4.98 Å². The van der Waals surface area contributed by atoms with Crippen LogP contribution in [0.3, 0.4) is 0 Å². The summed E-state index contributed by atoms with van der Waals surface area (Å²) in [5, 5.41) is 0.600. The SMILES string of the molecule is Nc1ccc(Cl)c(COC2CCCc3ccccc32)n1. The predicted octanol–water partition coefficient (Wildman–Crippen LogP) is 3.91. The van der Waals surface area contributed by atoms with Crippen molar-refractivity contribution in [3.05, 3.63) is 58.2 Å². The van der Waals surface area contributed by atoms with Gasteiger partial charge in [-0.2, -0.15) is 0 Å². The molecule has 0 amide bonds. The topological polar surface area (TPSA) is 48.1 Å². The number of nitrogens with zero attached hydrogens (tertiary/aromatic N) is 1. The lowest BCUT2D eigenvalue weighted by molar-refractivity contribution is 0.0266. The zero-order chi connectivity index (χ0) is 13.9. The second-order valence-corrected chi connectivity index (χ2v) is 5.46. The van der Waals surface area contributed by atoms with Crippen LogP contribution in [0.15, 0.2) is 36.4 Å². The van der Waals surface area contributed by atoms with Crippen LogP contribution in [0.4, 0.5) is 5.82 Å². The highest BCUT2D eigenvalue weighted by molar-refractivity contribution is 6.31. The normalized spacial score (nSPS) is 17.8. The molecule has 0 saturated carbocycles. The van der Waals surface area contributed by atoms with Gasteiger partial charge in [0.25, 0.3) is 0 Å². The molecule has 1 unspecified atom stereocenters. The van der Waals surface area contributed by atoms with Crippen LogP contribution in [-0.4, -0.2) is 4.98 Å². The van der Waals surface area contributed by atoms with E-state index >= 15 is 0 Å². The highest BCUT2D eigenvalue weighted by Gasteiger charge is 2.20. The zero-order valence-corrected chi connectivity index (χ0v) is 11.9. The molecular weight excluding hydrogens is 272 g/mol.